The largest absolute Gasteiger partial charge is 0.152 e. The molecule has 7 heavy (non-hydrogen) atoms. The summed E-state index contributed by atoms with van der Waals surface area (Å²) in [4.78, 5) is 2.51. The van der Waals surface area contributed by atoms with Crippen molar-refractivity contribution in [2.45, 2.75) is 0 Å². The monoisotopic (exact) mass is 115 g/mol. The Balaban J connectivity index is 3.15. The molecule has 0 heterocycles. The maximum absolute atomic E-state index is 7.69. The standard InChI is InChI=1S/C3H5N3S/c4-6-5-2-1-3-7/h1,3,7H,2H2. The van der Waals surface area contributed by atoms with E-state index < -0.39 is 0 Å². The number of azide groups is 1. The number of nitrogens with zero attached hydrogens (tertiary/aromatic N) is 3. The van der Waals surface area contributed by atoms with Crippen LogP contribution in [0, 0.1) is 0 Å². The van der Waals surface area contributed by atoms with Crippen LogP contribution < -0.4 is 0 Å². The van der Waals surface area contributed by atoms with Crippen LogP contribution in [0.3, 0.4) is 0 Å². The van der Waals surface area contributed by atoms with Crippen molar-refractivity contribution in [3.8, 4) is 0 Å². The first-order valence-electron chi connectivity index (χ1n) is 1.72. The molecule has 0 aromatic heterocycles. The van der Waals surface area contributed by atoms with Crippen molar-refractivity contribution in [2.24, 2.45) is 5.11 Å². The first-order chi connectivity index (χ1) is 3.41. The van der Waals surface area contributed by atoms with Gasteiger partial charge in [0.25, 0.3) is 0 Å². The molecule has 38 valence electrons. The fourth-order valence-corrected chi connectivity index (χ4v) is 0.225. The molecule has 0 saturated heterocycles. The van der Waals surface area contributed by atoms with E-state index in [0.29, 0.717) is 6.54 Å². The van der Waals surface area contributed by atoms with Gasteiger partial charge in [-0.25, -0.2) is 0 Å². The summed E-state index contributed by atoms with van der Waals surface area (Å²) < 4.78 is 0. The van der Waals surface area contributed by atoms with Gasteiger partial charge in [0.05, 0.1) is 0 Å². The van der Waals surface area contributed by atoms with Crippen molar-refractivity contribution in [3.63, 3.8) is 0 Å². The maximum atomic E-state index is 7.69. The van der Waals surface area contributed by atoms with Crippen LogP contribution in [0.4, 0.5) is 0 Å². The Labute approximate surface area is 47.1 Å². The van der Waals surface area contributed by atoms with Crippen LogP contribution in [0.5, 0.6) is 0 Å². The van der Waals surface area contributed by atoms with E-state index in [-0.39, 0.29) is 0 Å². The highest BCUT2D eigenvalue weighted by Crippen LogP contribution is 1.77. The molecule has 0 amide bonds. The van der Waals surface area contributed by atoms with Gasteiger partial charge in [-0.3, -0.25) is 0 Å². The lowest BCUT2D eigenvalue weighted by atomic mass is 10.7. The Hall–Kier alpha value is -0.600. The molecule has 0 N–H and O–H groups in total. The third-order valence-corrected chi connectivity index (χ3v) is 0.567. The van der Waals surface area contributed by atoms with Crippen LogP contribution in [0.2, 0.25) is 0 Å². The quantitative estimate of drug-likeness (QED) is 0.246. The Bertz CT molecular complexity index is 103. The molecule has 0 saturated carbocycles. The van der Waals surface area contributed by atoms with Gasteiger partial charge in [0.15, 0.2) is 0 Å². The van der Waals surface area contributed by atoms with Crippen molar-refractivity contribution in [3.05, 3.63) is 21.9 Å². The molecule has 3 nitrogen and oxygen atoms in total. The van der Waals surface area contributed by atoms with E-state index in [1.807, 2.05) is 0 Å². The van der Waals surface area contributed by atoms with Crippen LogP contribution in [-0.4, -0.2) is 6.54 Å². The number of hydrogen-bond acceptors (Lipinski definition) is 2. The number of thiol groups is 1. The van der Waals surface area contributed by atoms with Gasteiger partial charge in [-0.1, -0.05) is 11.2 Å². The highest BCUT2D eigenvalue weighted by atomic mass is 32.1. The smallest absolute Gasteiger partial charge is 0.0448 e. The Kier molecular flexibility index (Phi) is 4.94. The highest BCUT2D eigenvalue weighted by Gasteiger charge is 1.62. The van der Waals surface area contributed by atoms with Crippen LogP contribution in [-0.2, 0) is 0 Å². The van der Waals surface area contributed by atoms with Crippen molar-refractivity contribution in [1.29, 1.82) is 0 Å². The second-order valence-corrected chi connectivity index (χ2v) is 1.10. The molecule has 0 fully saturated rings. The summed E-state index contributed by atoms with van der Waals surface area (Å²) >= 11 is 3.73. The molecule has 0 spiro atoms. The fraction of sp³-hybridized carbons (Fsp3) is 0.333. The molecule has 0 atom stereocenters. The minimum atomic E-state index is 0.389. The molecule has 4 heteroatoms. The van der Waals surface area contributed by atoms with Crippen molar-refractivity contribution in [2.75, 3.05) is 6.54 Å². The van der Waals surface area contributed by atoms with Crippen molar-refractivity contribution >= 4 is 12.6 Å². The zero-order chi connectivity index (χ0) is 5.54. The molecule has 0 aliphatic carbocycles. The first kappa shape index (κ1) is 6.40. The summed E-state index contributed by atoms with van der Waals surface area (Å²) in [7, 11) is 0. The normalized spacial score (nSPS) is 8.71. The summed E-state index contributed by atoms with van der Waals surface area (Å²) in [6, 6.07) is 0. The Morgan fingerprint density at radius 3 is 3.00 bits per heavy atom. The van der Waals surface area contributed by atoms with E-state index in [0.717, 1.165) is 0 Å². The molecule has 0 aliphatic heterocycles. The summed E-state index contributed by atoms with van der Waals surface area (Å²) in [5.74, 6) is 0. The lowest BCUT2D eigenvalue weighted by Gasteiger charge is -1.68. The SMILES string of the molecule is [N-]=[N+]=NCC=CS. The van der Waals surface area contributed by atoms with Crippen LogP contribution in [0.25, 0.3) is 10.4 Å². The van der Waals surface area contributed by atoms with E-state index in [2.05, 4.69) is 22.7 Å². The third kappa shape index (κ3) is 5.40. The van der Waals surface area contributed by atoms with Gasteiger partial charge >= 0.3 is 0 Å². The second-order valence-electron chi connectivity index (χ2n) is 0.798. The number of hydrogen-bond donors (Lipinski definition) is 1. The minimum Gasteiger partial charge on any atom is -0.152 e. The predicted molar refractivity (Wildman–Crippen MR) is 32.1 cm³/mol. The van der Waals surface area contributed by atoms with Crippen molar-refractivity contribution < 1.29 is 0 Å². The van der Waals surface area contributed by atoms with Gasteiger partial charge < -0.3 is 0 Å². The highest BCUT2D eigenvalue weighted by molar-refractivity contribution is 7.83. The lowest BCUT2D eigenvalue weighted by molar-refractivity contribution is 1.22. The number of rotatable bonds is 2. The second kappa shape index (κ2) is 5.40. The molecule has 0 bridgehead atoms. The van der Waals surface area contributed by atoms with E-state index in [9.17, 15) is 0 Å². The maximum Gasteiger partial charge on any atom is 0.0448 e. The zero-order valence-corrected chi connectivity index (χ0v) is 4.55. The molecule has 0 aromatic carbocycles. The topological polar surface area (TPSA) is 48.8 Å². The first-order valence-corrected chi connectivity index (χ1v) is 2.23. The van der Waals surface area contributed by atoms with Crippen molar-refractivity contribution in [1.82, 2.24) is 0 Å². The predicted octanol–water partition coefficient (Wildman–Crippen LogP) is 1.74. The van der Waals surface area contributed by atoms with E-state index in [1.165, 1.54) is 5.41 Å². The van der Waals surface area contributed by atoms with Gasteiger partial charge in [0.2, 0.25) is 0 Å². The lowest BCUT2D eigenvalue weighted by Crippen LogP contribution is -1.60. The van der Waals surface area contributed by atoms with Gasteiger partial charge in [-0.2, -0.15) is 12.6 Å². The molecule has 0 unspecified atom stereocenters. The molecular weight excluding hydrogens is 110 g/mol. The van der Waals surface area contributed by atoms with Gasteiger partial charge in [-0.05, 0) is 10.9 Å². The molecule has 0 radical (unpaired) electrons. The minimum absolute atomic E-state index is 0.389. The van der Waals surface area contributed by atoms with Gasteiger partial charge in [-0.15, -0.1) is 0 Å². The van der Waals surface area contributed by atoms with E-state index >= 15 is 0 Å². The van der Waals surface area contributed by atoms with Crippen LogP contribution in [0.1, 0.15) is 0 Å². The van der Waals surface area contributed by atoms with Crippen LogP contribution >= 0.6 is 12.6 Å². The van der Waals surface area contributed by atoms with E-state index in [1.54, 1.807) is 6.08 Å². The van der Waals surface area contributed by atoms with Crippen LogP contribution in [0.15, 0.2) is 16.6 Å². The Morgan fingerprint density at radius 2 is 2.57 bits per heavy atom. The van der Waals surface area contributed by atoms with Gasteiger partial charge in [0.1, 0.15) is 0 Å². The summed E-state index contributed by atoms with van der Waals surface area (Å²) in [6.45, 7) is 0.389. The fourth-order valence-electron chi connectivity index (χ4n) is 0.131. The summed E-state index contributed by atoms with van der Waals surface area (Å²) in [6.07, 6.45) is 1.66. The van der Waals surface area contributed by atoms with Gasteiger partial charge in [0, 0.05) is 11.5 Å². The Morgan fingerprint density at radius 1 is 1.86 bits per heavy atom. The molecule has 0 aromatic rings. The zero-order valence-electron chi connectivity index (χ0n) is 3.65. The van der Waals surface area contributed by atoms with E-state index in [4.69, 9.17) is 5.53 Å². The molecule has 0 aliphatic rings. The molecular formula is C3H5N3S. The molecule has 0 rings (SSSR count). The summed E-state index contributed by atoms with van der Waals surface area (Å²) in [5.41, 5.74) is 7.69. The summed E-state index contributed by atoms with van der Waals surface area (Å²) in [5, 5.41) is 4.74. The third-order valence-electron chi connectivity index (χ3n) is 0.356. The average Bonchev–Trinajstić information content (AvgIpc) is 1.69. The average molecular weight is 115 g/mol.